The molecule has 0 fully saturated rings. The Hall–Kier alpha value is -2.51. The number of non-ortho nitro benzene ring substituents is 1. The summed E-state index contributed by atoms with van der Waals surface area (Å²) in [6.45, 7) is 3.41. The summed E-state index contributed by atoms with van der Waals surface area (Å²) >= 11 is 0. The van der Waals surface area contributed by atoms with Crippen molar-refractivity contribution in [2.24, 2.45) is 5.92 Å². The quantitative estimate of drug-likeness (QED) is 0.616. The zero-order valence-electron chi connectivity index (χ0n) is 11.5. The van der Waals surface area contributed by atoms with Crippen LogP contribution in [-0.2, 0) is 4.79 Å². The van der Waals surface area contributed by atoms with Crippen LogP contribution in [0.25, 0.3) is 0 Å². The van der Waals surface area contributed by atoms with Gasteiger partial charge in [-0.3, -0.25) is 14.9 Å². The van der Waals surface area contributed by atoms with Crippen molar-refractivity contribution in [2.75, 3.05) is 0 Å². The Balaban J connectivity index is 3.03. The van der Waals surface area contributed by atoms with Crippen LogP contribution < -0.4 is 5.32 Å². The van der Waals surface area contributed by atoms with E-state index in [1.54, 1.807) is 13.8 Å². The van der Waals surface area contributed by atoms with E-state index in [1.807, 2.05) is 0 Å². The van der Waals surface area contributed by atoms with Gasteiger partial charge in [0.05, 0.1) is 11.0 Å². The molecule has 7 nitrogen and oxygen atoms in total. The lowest BCUT2D eigenvalue weighted by Crippen LogP contribution is -2.45. The van der Waals surface area contributed by atoms with E-state index in [0.29, 0.717) is 12.5 Å². The predicted octanol–water partition coefficient (Wildman–Crippen LogP) is 1.96. The standard InChI is InChI=1S/C13H15FN2O5/c1-3-7(2)11(13(18)19)15-12(17)8-4-9(14)6-10(5-8)16(20)21/h4-7,11H,3H2,1-2H3,(H,15,17)(H,18,19). The number of rotatable bonds is 6. The number of carboxylic acid groups (broad SMARTS) is 1. The number of carbonyl (C=O) groups is 2. The summed E-state index contributed by atoms with van der Waals surface area (Å²) in [5, 5.41) is 21.9. The Kier molecular flexibility index (Phi) is 5.34. The fraction of sp³-hybridized carbons (Fsp3) is 0.385. The van der Waals surface area contributed by atoms with Gasteiger partial charge in [0.15, 0.2) is 0 Å². The van der Waals surface area contributed by atoms with Gasteiger partial charge < -0.3 is 10.4 Å². The lowest BCUT2D eigenvalue weighted by atomic mass is 9.99. The van der Waals surface area contributed by atoms with E-state index in [0.717, 1.165) is 12.1 Å². The van der Waals surface area contributed by atoms with Gasteiger partial charge in [-0.15, -0.1) is 0 Å². The van der Waals surface area contributed by atoms with E-state index in [4.69, 9.17) is 5.11 Å². The van der Waals surface area contributed by atoms with Crippen LogP contribution >= 0.6 is 0 Å². The molecule has 1 amide bonds. The zero-order chi connectivity index (χ0) is 16.2. The molecule has 2 atom stereocenters. The number of nitrogens with zero attached hydrogens (tertiary/aromatic N) is 1. The molecule has 0 saturated carbocycles. The molecule has 0 bridgehead atoms. The second-order valence-corrected chi connectivity index (χ2v) is 4.63. The van der Waals surface area contributed by atoms with Crippen molar-refractivity contribution in [2.45, 2.75) is 26.3 Å². The molecule has 1 aromatic rings. The maximum Gasteiger partial charge on any atom is 0.326 e. The molecule has 0 aromatic heterocycles. The van der Waals surface area contributed by atoms with Crippen LogP contribution in [0.5, 0.6) is 0 Å². The smallest absolute Gasteiger partial charge is 0.326 e. The first-order valence-corrected chi connectivity index (χ1v) is 6.25. The van der Waals surface area contributed by atoms with Crippen molar-refractivity contribution in [1.29, 1.82) is 0 Å². The monoisotopic (exact) mass is 298 g/mol. The molecule has 0 heterocycles. The number of amides is 1. The van der Waals surface area contributed by atoms with E-state index in [2.05, 4.69) is 5.32 Å². The molecule has 0 aliphatic rings. The van der Waals surface area contributed by atoms with Gasteiger partial charge in [0.2, 0.25) is 0 Å². The lowest BCUT2D eigenvalue weighted by molar-refractivity contribution is -0.385. The predicted molar refractivity (Wildman–Crippen MR) is 71.4 cm³/mol. The van der Waals surface area contributed by atoms with Crippen molar-refractivity contribution >= 4 is 17.6 Å². The average Bonchev–Trinajstić information content (AvgIpc) is 2.42. The molecule has 2 unspecified atom stereocenters. The van der Waals surface area contributed by atoms with Crippen molar-refractivity contribution in [3.8, 4) is 0 Å². The number of nitro groups is 1. The highest BCUT2D eigenvalue weighted by molar-refractivity contribution is 5.97. The van der Waals surface area contributed by atoms with Crippen molar-refractivity contribution < 1.29 is 24.0 Å². The van der Waals surface area contributed by atoms with Gasteiger partial charge in [-0.25, -0.2) is 9.18 Å². The Morgan fingerprint density at radius 2 is 2.05 bits per heavy atom. The fourth-order valence-electron chi connectivity index (χ4n) is 1.72. The summed E-state index contributed by atoms with van der Waals surface area (Å²) in [6, 6.07) is 1.25. The van der Waals surface area contributed by atoms with Gasteiger partial charge in [-0.2, -0.15) is 0 Å². The molecule has 0 spiro atoms. The third-order valence-corrected chi connectivity index (χ3v) is 3.12. The lowest BCUT2D eigenvalue weighted by Gasteiger charge is -2.20. The van der Waals surface area contributed by atoms with Gasteiger partial charge in [0.25, 0.3) is 11.6 Å². The fourth-order valence-corrected chi connectivity index (χ4v) is 1.72. The zero-order valence-corrected chi connectivity index (χ0v) is 11.5. The second-order valence-electron chi connectivity index (χ2n) is 4.63. The number of carboxylic acids is 1. The van der Waals surface area contributed by atoms with E-state index >= 15 is 0 Å². The van der Waals surface area contributed by atoms with Crippen LogP contribution in [0, 0.1) is 21.8 Å². The number of hydrogen-bond donors (Lipinski definition) is 2. The normalized spacial score (nSPS) is 13.3. The topological polar surface area (TPSA) is 110 Å². The van der Waals surface area contributed by atoms with E-state index < -0.39 is 34.3 Å². The number of nitrogens with one attached hydrogen (secondary N) is 1. The highest BCUT2D eigenvalue weighted by Crippen LogP contribution is 2.17. The molecule has 0 radical (unpaired) electrons. The van der Waals surface area contributed by atoms with Crippen molar-refractivity contribution in [3.63, 3.8) is 0 Å². The van der Waals surface area contributed by atoms with E-state index in [1.165, 1.54) is 0 Å². The maximum atomic E-state index is 13.3. The van der Waals surface area contributed by atoms with E-state index in [-0.39, 0.29) is 11.5 Å². The molecule has 1 aromatic carbocycles. The SMILES string of the molecule is CCC(C)C(NC(=O)c1cc(F)cc([N+](=O)[O-])c1)C(=O)O. The molecular weight excluding hydrogens is 283 g/mol. The molecule has 0 aliphatic carbocycles. The highest BCUT2D eigenvalue weighted by atomic mass is 19.1. The number of nitro benzene ring substituents is 1. The molecule has 1 rings (SSSR count). The molecule has 114 valence electrons. The summed E-state index contributed by atoms with van der Waals surface area (Å²) < 4.78 is 13.3. The molecule has 0 saturated heterocycles. The molecular formula is C13H15FN2O5. The molecule has 8 heteroatoms. The first-order chi connectivity index (χ1) is 9.76. The van der Waals surface area contributed by atoms with Gasteiger partial charge >= 0.3 is 5.97 Å². The van der Waals surface area contributed by atoms with Gasteiger partial charge in [-0.1, -0.05) is 20.3 Å². The Morgan fingerprint density at radius 1 is 1.43 bits per heavy atom. The summed E-state index contributed by atoms with van der Waals surface area (Å²) in [6.07, 6.45) is 0.514. The number of hydrogen-bond acceptors (Lipinski definition) is 4. The number of aliphatic carboxylic acids is 1. The van der Waals surface area contributed by atoms with Crippen LogP contribution in [0.4, 0.5) is 10.1 Å². The minimum Gasteiger partial charge on any atom is -0.480 e. The van der Waals surface area contributed by atoms with Gasteiger partial charge in [0, 0.05) is 11.6 Å². The summed E-state index contributed by atoms with van der Waals surface area (Å²) in [5.74, 6) is -3.37. The van der Waals surface area contributed by atoms with Crippen LogP contribution in [0.2, 0.25) is 0 Å². The minimum atomic E-state index is -1.22. The van der Waals surface area contributed by atoms with E-state index in [9.17, 15) is 24.1 Å². The highest BCUT2D eigenvalue weighted by Gasteiger charge is 2.26. The summed E-state index contributed by atoms with van der Waals surface area (Å²) in [5.41, 5.74) is -0.869. The average molecular weight is 298 g/mol. The van der Waals surface area contributed by atoms with Crippen molar-refractivity contribution in [3.05, 3.63) is 39.7 Å². The van der Waals surface area contributed by atoms with Gasteiger partial charge in [-0.05, 0) is 12.0 Å². The Bertz CT molecular complexity index is 576. The number of carbonyl (C=O) groups excluding carboxylic acids is 1. The molecule has 0 aliphatic heterocycles. The Morgan fingerprint density at radius 3 is 2.52 bits per heavy atom. The first kappa shape index (κ1) is 16.5. The van der Waals surface area contributed by atoms with Crippen LogP contribution in [0.1, 0.15) is 30.6 Å². The number of benzene rings is 1. The van der Waals surface area contributed by atoms with Crippen LogP contribution in [0.3, 0.4) is 0 Å². The Labute approximate surface area is 119 Å². The van der Waals surface area contributed by atoms with Gasteiger partial charge in [0.1, 0.15) is 11.9 Å². The summed E-state index contributed by atoms with van der Waals surface area (Å²) in [7, 11) is 0. The molecule has 21 heavy (non-hydrogen) atoms. The second kappa shape index (κ2) is 6.78. The van der Waals surface area contributed by atoms with Crippen molar-refractivity contribution in [1.82, 2.24) is 5.32 Å². The largest absolute Gasteiger partial charge is 0.480 e. The third kappa shape index (κ3) is 4.23. The molecule has 2 N–H and O–H groups in total. The maximum absolute atomic E-state index is 13.3. The van der Waals surface area contributed by atoms with Crippen LogP contribution in [-0.4, -0.2) is 27.9 Å². The third-order valence-electron chi connectivity index (χ3n) is 3.12. The van der Waals surface area contributed by atoms with Crippen LogP contribution in [0.15, 0.2) is 18.2 Å². The number of halogens is 1. The first-order valence-electron chi connectivity index (χ1n) is 6.25. The summed E-state index contributed by atoms with van der Waals surface area (Å²) in [4.78, 5) is 32.9. The minimum absolute atomic E-state index is 0.295.